The molecule has 1 saturated heterocycles. The normalized spacial score (nSPS) is 17.3. The summed E-state index contributed by atoms with van der Waals surface area (Å²) in [6, 6.07) is 12.7. The van der Waals surface area contributed by atoms with Crippen molar-refractivity contribution >= 4 is 5.91 Å². The van der Waals surface area contributed by atoms with E-state index < -0.39 is 0 Å². The zero-order valence-corrected chi connectivity index (χ0v) is 13.0. The third kappa shape index (κ3) is 3.77. The Bertz CT molecular complexity index is 742. The lowest BCUT2D eigenvalue weighted by molar-refractivity contribution is -0.131. The molecular formula is C17H19N3O3. The van der Waals surface area contributed by atoms with E-state index in [1.807, 2.05) is 30.3 Å². The van der Waals surface area contributed by atoms with Crippen molar-refractivity contribution in [1.82, 2.24) is 14.7 Å². The quantitative estimate of drug-likeness (QED) is 0.852. The molecule has 6 heteroatoms. The lowest BCUT2D eigenvalue weighted by Crippen LogP contribution is -2.37. The molecule has 120 valence electrons. The molecule has 1 atom stereocenters. The molecule has 3 rings (SSSR count). The van der Waals surface area contributed by atoms with Crippen LogP contribution in [0.1, 0.15) is 12.1 Å². The van der Waals surface area contributed by atoms with E-state index in [1.54, 1.807) is 17.9 Å². The van der Waals surface area contributed by atoms with E-state index in [2.05, 4.69) is 5.10 Å². The fraction of sp³-hybridized carbons (Fsp3) is 0.353. The monoisotopic (exact) mass is 313 g/mol. The molecule has 1 aromatic carbocycles. The number of hydrogen-bond acceptors (Lipinski definition) is 4. The SMILES string of the molecule is Cc1ccc(=O)n(CC(=O)N2CCC(Oc3ccccc3)C2)n1. The predicted octanol–water partition coefficient (Wildman–Crippen LogP) is 1.23. The van der Waals surface area contributed by atoms with Crippen molar-refractivity contribution in [2.45, 2.75) is 26.0 Å². The van der Waals surface area contributed by atoms with Gasteiger partial charge in [0.15, 0.2) is 0 Å². The number of carbonyl (C=O) groups excluding carboxylic acids is 1. The molecule has 2 aromatic rings. The minimum atomic E-state index is -0.264. The van der Waals surface area contributed by atoms with Gasteiger partial charge in [-0.3, -0.25) is 9.59 Å². The Kier molecular flexibility index (Phi) is 4.41. The van der Waals surface area contributed by atoms with E-state index in [0.29, 0.717) is 18.8 Å². The maximum atomic E-state index is 12.3. The molecule has 0 N–H and O–H groups in total. The maximum Gasteiger partial charge on any atom is 0.267 e. The first-order chi connectivity index (χ1) is 11.1. The van der Waals surface area contributed by atoms with E-state index in [9.17, 15) is 9.59 Å². The summed E-state index contributed by atoms with van der Waals surface area (Å²) < 4.78 is 7.08. The van der Waals surface area contributed by atoms with Gasteiger partial charge in [0, 0.05) is 19.0 Å². The Morgan fingerprint density at radius 1 is 1.26 bits per heavy atom. The van der Waals surface area contributed by atoms with Crippen LogP contribution in [0.2, 0.25) is 0 Å². The standard InChI is InChI=1S/C17H19N3O3/c1-13-7-8-16(21)20(18-13)12-17(22)19-10-9-15(11-19)23-14-5-3-2-4-6-14/h2-8,15H,9-12H2,1H3. The average molecular weight is 313 g/mol. The third-order valence-corrected chi connectivity index (χ3v) is 3.83. The summed E-state index contributed by atoms with van der Waals surface area (Å²) in [5.41, 5.74) is 0.448. The van der Waals surface area contributed by atoms with Gasteiger partial charge < -0.3 is 9.64 Å². The molecule has 1 aliphatic rings. The lowest BCUT2D eigenvalue weighted by atomic mass is 10.3. The van der Waals surface area contributed by atoms with Gasteiger partial charge in [-0.15, -0.1) is 0 Å². The predicted molar refractivity (Wildman–Crippen MR) is 85.3 cm³/mol. The number of hydrogen-bond donors (Lipinski definition) is 0. The number of amides is 1. The molecule has 1 unspecified atom stereocenters. The number of likely N-dealkylation sites (tertiary alicyclic amines) is 1. The van der Waals surface area contributed by atoms with Crippen LogP contribution in [-0.2, 0) is 11.3 Å². The van der Waals surface area contributed by atoms with Gasteiger partial charge in [-0.1, -0.05) is 18.2 Å². The first-order valence-corrected chi connectivity index (χ1v) is 7.66. The number of aromatic nitrogens is 2. The second-order valence-corrected chi connectivity index (χ2v) is 5.65. The molecule has 1 amide bonds. The third-order valence-electron chi connectivity index (χ3n) is 3.83. The molecule has 0 aliphatic carbocycles. The summed E-state index contributed by atoms with van der Waals surface area (Å²) in [6.45, 7) is 2.93. The summed E-state index contributed by atoms with van der Waals surface area (Å²) in [4.78, 5) is 25.8. The van der Waals surface area contributed by atoms with Gasteiger partial charge in [0.2, 0.25) is 5.91 Å². The Morgan fingerprint density at radius 3 is 2.83 bits per heavy atom. The number of aryl methyl sites for hydroxylation is 1. The fourth-order valence-corrected chi connectivity index (χ4v) is 2.63. The average Bonchev–Trinajstić information content (AvgIpc) is 3.00. The Morgan fingerprint density at radius 2 is 2.04 bits per heavy atom. The number of para-hydroxylation sites is 1. The lowest BCUT2D eigenvalue weighted by Gasteiger charge is -2.17. The molecule has 23 heavy (non-hydrogen) atoms. The molecule has 6 nitrogen and oxygen atoms in total. The maximum absolute atomic E-state index is 12.3. The summed E-state index contributed by atoms with van der Waals surface area (Å²) >= 11 is 0. The highest BCUT2D eigenvalue weighted by Gasteiger charge is 2.27. The van der Waals surface area contributed by atoms with E-state index in [0.717, 1.165) is 12.2 Å². The number of ether oxygens (including phenoxy) is 1. The van der Waals surface area contributed by atoms with E-state index in [1.165, 1.54) is 10.7 Å². The van der Waals surface area contributed by atoms with Gasteiger partial charge in [-0.2, -0.15) is 5.10 Å². The van der Waals surface area contributed by atoms with Crippen LogP contribution in [0.25, 0.3) is 0 Å². The molecule has 1 fully saturated rings. The van der Waals surface area contributed by atoms with Crippen LogP contribution in [0.15, 0.2) is 47.3 Å². The van der Waals surface area contributed by atoms with E-state index in [-0.39, 0.29) is 24.1 Å². The molecule has 2 heterocycles. The zero-order chi connectivity index (χ0) is 16.2. The first kappa shape index (κ1) is 15.3. The molecule has 0 bridgehead atoms. The number of rotatable bonds is 4. The van der Waals surface area contributed by atoms with Crippen molar-refractivity contribution in [3.05, 3.63) is 58.5 Å². The Balaban J connectivity index is 1.59. The van der Waals surface area contributed by atoms with Gasteiger partial charge in [0.1, 0.15) is 18.4 Å². The Hall–Kier alpha value is -2.63. The van der Waals surface area contributed by atoms with Crippen LogP contribution < -0.4 is 10.3 Å². The highest BCUT2D eigenvalue weighted by molar-refractivity contribution is 5.76. The van der Waals surface area contributed by atoms with Crippen LogP contribution in [0, 0.1) is 6.92 Å². The van der Waals surface area contributed by atoms with Crippen LogP contribution in [0.4, 0.5) is 0 Å². The highest BCUT2D eigenvalue weighted by atomic mass is 16.5. The number of nitrogens with zero attached hydrogens (tertiary/aromatic N) is 3. The molecule has 1 aliphatic heterocycles. The summed E-state index contributed by atoms with van der Waals surface area (Å²) in [5, 5.41) is 4.10. The second kappa shape index (κ2) is 6.64. The van der Waals surface area contributed by atoms with Crippen molar-refractivity contribution in [3.8, 4) is 5.75 Å². The van der Waals surface area contributed by atoms with Crippen molar-refractivity contribution in [1.29, 1.82) is 0 Å². The summed E-state index contributed by atoms with van der Waals surface area (Å²) in [6.07, 6.45) is 0.778. The van der Waals surface area contributed by atoms with Gasteiger partial charge in [-0.05, 0) is 25.1 Å². The summed E-state index contributed by atoms with van der Waals surface area (Å²) in [7, 11) is 0. The first-order valence-electron chi connectivity index (χ1n) is 7.66. The van der Waals surface area contributed by atoms with Gasteiger partial charge in [0.05, 0.1) is 12.2 Å². The number of carbonyl (C=O) groups is 1. The van der Waals surface area contributed by atoms with Crippen molar-refractivity contribution in [2.75, 3.05) is 13.1 Å². The fourth-order valence-electron chi connectivity index (χ4n) is 2.63. The van der Waals surface area contributed by atoms with Crippen LogP contribution in [0.5, 0.6) is 5.75 Å². The van der Waals surface area contributed by atoms with Crippen LogP contribution in [0.3, 0.4) is 0 Å². The highest BCUT2D eigenvalue weighted by Crippen LogP contribution is 2.18. The van der Waals surface area contributed by atoms with Gasteiger partial charge in [0.25, 0.3) is 5.56 Å². The Labute approximate surface area is 134 Å². The molecule has 0 radical (unpaired) electrons. The van der Waals surface area contributed by atoms with Crippen LogP contribution in [-0.4, -0.2) is 39.8 Å². The second-order valence-electron chi connectivity index (χ2n) is 5.65. The molecule has 0 spiro atoms. The zero-order valence-electron chi connectivity index (χ0n) is 13.0. The van der Waals surface area contributed by atoms with Gasteiger partial charge in [-0.25, -0.2) is 4.68 Å². The molecule has 1 aromatic heterocycles. The van der Waals surface area contributed by atoms with Crippen molar-refractivity contribution in [2.24, 2.45) is 0 Å². The summed E-state index contributed by atoms with van der Waals surface area (Å²) in [5.74, 6) is 0.702. The minimum Gasteiger partial charge on any atom is -0.489 e. The van der Waals surface area contributed by atoms with Gasteiger partial charge >= 0.3 is 0 Å². The topological polar surface area (TPSA) is 64.4 Å². The minimum absolute atomic E-state index is 0.0106. The van der Waals surface area contributed by atoms with E-state index in [4.69, 9.17) is 4.74 Å². The molecule has 0 saturated carbocycles. The van der Waals surface area contributed by atoms with Crippen molar-refractivity contribution in [3.63, 3.8) is 0 Å². The van der Waals surface area contributed by atoms with Crippen molar-refractivity contribution < 1.29 is 9.53 Å². The number of benzene rings is 1. The van der Waals surface area contributed by atoms with E-state index >= 15 is 0 Å². The van der Waals surface area contributed by atoms with Crippen LogP contribution >= 0.6 is 0 Å². The smallest absolute Gasteiger partial charge is 0.267 e. The largest absolute Gasteiger partial charge is 0.489 e. The molecular weight excluding hydrogens is 294 g/mol.